The molecule has 2 saturated carbocycles. The van der Waals surface area contributed by atoms with Gasteiger partial charge in [0.15, 0.2) is 9.84 Å². The zero-order valence-electron chi connectivity index (χ0n) is 31.0. The van der Waals surface area contributed by atoms with Crippen LogP contribution in [0.1, 0.15) is 79.6 Å². The number of hydrogen-bond donors (Lipinski definition) is 4. The average Bonchev–Trinajstić information content (AvgIpc) is 3.37. The van der Waals surface area contributed by atoms with Crippen molar-refractivity contribution < 1.29 is 45.6 Å². The maximum atomic E-state index is 14.4. The van der Waals surface area contributed by atoms with Crippen LogP contribution >= 0.6 is 0 Å². The maximum Gasteiger partial charge on any atom is 0.389 e. The number of nitrogens with zero attached hydrogens (tertiary/aromatic N) is 1. The van der Waals surface area contributed by atoms with Crippen LogP contribution in [-0.2, 0) is 29.0 Å². The molecule has 0 radical (unpaired) electrons. The number of alkyl halides is 3. The molecule has 16 heteroatoms. The number of ketones is 1. The molecule has 53 heavy (non-hydrogen) atoms. The van der Waals surface area contributed by atoms with Crippen LogP contribution in [-0.4, -0.2) is 91.5 Å². The number of carbonyl (C=O) groups is 5. The molecular formula is C37H52F3N5O7S. The van der Waals surface area contributed by atoms with Crippen molar-refractivity contribution in [2.45, 2.75) is 114 Å². The fourth-order valence-electron chi connectivity index (χ4n) is 7.89. The highest BCUT2D eigenvalue weighted by Gasteiger charge is 2.70. The maximum absolute atomic E-state index is 14.4. The van der Waals surface area contributed by atoms with Crippen LogP contribution in [0.5, 0.6) is 0 Å². The van der Waals surface area contributed by atoms with Gasteiger partial charge in [0, 0.05) is 19.5 Å². The minimum Gasteiger partial charge on any atom is -0.346 e. The summed E-state index contributed by atoms with van der Waals surface area (Å²) in [5.41, 5.74) is -2.42. The van der Waals surface area contributed by atoms with E-state index in [4.69, 9.17) is 0 Å². The molecule has 294 valence electrons. The average molecular weight is 768 g/mol. The molecule has 5 amide bonds. The number of nitrogens with one attached hydrogen (secondary N) is 4. The Morgan fingerprint density at radius 3 is 2.19 bits per heavy atom. The van der Waals surface area contributed by atoms with Crippen molar-refractivity contribution in [2.24, 2.45) is 22.7 Å². The number of fused-ring (bicyclic) bond motifs is 1. The second kappa shape index (κ2) is 15.8. The lowest BCUT2D eigenvalue weighted by Gasteiger charge is -2.40. The molecule has 5 atom stereocenters. The Balaban J connectivity index is 1.57. The van der Waals surface area contributed by atoms with Crippen LogP contribution in [0.2, 0.25) is 0 Å². The summed E-state index contributed by atoms with van der Waals surface area (Å²) >= 11 is 0. The third-order valence-corrected chi connectivity index (χ3v) is 12.8. The van der Waals surface area contributed by atoms with Gasteiger partial charge in [-0.15, -0.1) is 6.58 Å². The summed E-state index contributed by atoms with van der Waals surface area (Å²) in [6, 6.07) is 2.98. The van der Waals surface area contributed by atoms with Crippen molar-refractivity contribution in [3.05, 3.63) is 43.0 Å². The fourth-order valence-corrected chi connectivity index (χ4v) is 9.72. The first-order valence-electron chi connectivity index (χ1n) is 18.0. The number of halogens is 3. The molecule has 0 aromatic heterocycles. The monoisotopic (exact) mass is 767 g/mol. The summed E-state index contributed by atoms with van der Waals surface area (Å²) in [5, 5.41) is 10.3. The van der Waals surface area contributed by atoms with E-state index in [1.807, 2.05) is 13.8 Å². The zero-order valence-corrected chi connectivity index (χ0v) is 31.8. The summed E-state index contributed by atoms with van der Waals surface area (Å²) in [4.78, 5) is 69.0. The van der Waals surface area contributed by atoms with Gasteiger partial charge in [-0.1, -0.05) is 78.2 Å². The number of hydrogen-bond acceptors (Lipinski definition) is 7. The van der Waals surface area contributed by atoms with E-state index in [9.17, 15) is 45.6 Å². The van der Waals surface area contributed by atoms with E-state index >= 15 is 0 Å². The number of rotatable bonds is 14. The Labute approximate surface area is 309 Å². The molecule has 1 aromatic rings. The summed E-state index contributed by atoms with van der Waals surface area (Å²) in [5.74, 6) is -4.82. The summed E-state index contributed by atoms with van der Waals surface area (Å²) < 4.78 is 66.6. The van der Waals surface area contributed by atoms with Gasteiger partial charge in [0.1, 0.15) is 12.1 Å². The SMILES string of the molecule is C=CCNC(=O)C(=O)C(CCC(F)(F)F)NC(=O)[C@@H]1[C@@H]2[C@H](CN1C(=O)[C@@H](NC(=O)NC1(CS(=O)(=O)c3ccccc3)CCCCC1)C(C)(C)C)C2(C)C. The van der Waals surface area contributed by atoms with Gasteiger partial charge in [0.25, 0.3) is 5.91 Å². The van der Waals surface area contributed by atoms with E-state index < -0.39 is 98.8 Å². The molecule has 12 nitrogen and oxygen atoms in total. The minimum absolute atomic E-state index is 0.116. The number of urea groups is 1. The number of likely N-dealkylation sites (tertiary alicyclic amines) is 1. The van der Waals surface area contributed by atoms with Crippen molar-refractivity contribution in [1.82, 2.24) is 26.2 Å². The first-order valence-corrected chi connectivity index (χ1v) is 19.7. The van der Waals surface area contributed by atoms with E-state index in [0.29, 0.717) is 25.7 Å². The van der Waals surface area contributed by atoms with Gasteiger partial charge in [0.05, 0.1) is 22.2 Å². The van der Waals surface area contributed by atoms with Crippen molar-refractivity contribution in [1.29, 1.82) is 0 Å². The Morgan fingerprint density at radius 2 is 1.62 bits per heavy atom. The summed E-state index contributed by atoms with van der Waals surface area (Å²) in [6.45, 7) is 12.4. The lowest BCUT2D eigenvalue weighted by atomic mass is 9.83. The van der Waals surface area contributed by atoms with E-state index in [1.54, 1.807) is 39.0 Å². The Morgan fingerprint density at radius 1 is 1.00 bits per heavy atom. The van der Waals surface area contributed by atoms with Crippen LogP contribution in [0.25, 0.3) is 0 Å². The summed E-state index contributed by atoms with van der Waals surface area (Å²) in [7, 11) is -3.80. The first-order chi connectivity index (χ1) is 24.5. The first kappa shape index (κ1) is 41.8. The highest BCUT2D eigenvalue weighted by atomic mass is 32.2. The minimum atomic E-state index is -4.67. The van der Waals surface area contributed by atoms with Crippen LogP contribution in [0.4, 0.5) is 18.0 Å². The number of piperidine rings is 1. The highest BCUT2D eigenvalue weighted by Crippen LogP contribution is 2.65. The van der Waals surface area contributed by atoms with Crippen molar-refractivity contribution >= 4 is 39.4 Å². The molecule has 4 rings (SSSR count). The second-order valence-corrected chi connectivity index (χ2v) is 18.3. The van der Waals surface area contributed by atoms with E-state index in [0.717, 1.165) is 6.42 Å². The molecule has 2 aliphatic carbocycles. The largest absolute Gasteiger partial charge is 0.389 e. The van der Waals surface area contributed by atoms with Crippen molar-refractivity contribution in [3.63, 3.8) is 0 Å². The van der Waals surface area contributed by atoms with E-state index in [-0.39, 0.29) is 29.7 Å². The summed E-state index contributed by atoms with van der Waals surface area (Å²) in [6.07, 6.45) is -2.64. The van der Waals surface area contributed by atoms with Gasteiger partial charge in [-0.3, -0.25) is 19.2 Å². The van der Waals surface area contributed by atoms with Crippen molar-refractivity contribution in [2.75, 3.05) is 18.8 Å². The molecule has 0 spiro atoms. The number of sulfone groups is 1. The lowest BCUT2D eigenvalue weighted by Crippen LogP contribution is -2.63. The molecule has 1 unspecified atom stereocenters. The van der Waals surface area contributed by atoms with Crippen LogP contribution in [0.15, 0.2) is 47.9 Å². The Bertz CT molecular complexity index is 1670. The molecule has 1 saturated heterocycles. The van der Waals surface area contributed by atoms with Crippen LogP contribution < -0.4 is 21.3 Å². The lowest BCUT2D eigenvalue weighted by molar-refractivity contribution is -0.148. The third kappa shape index (κ3) is 9.98. The molecule has 1 aliphatic heterocycles. The molecular weight excluding hydrogens is 715 g/mol. The topological polar surface area (TPSA) is 171 Å². The standard InChI is InChI=1S/C37H52F3N5O7S/c1-7-20-41-31(48)28(46)25(16-19-37(38,39)40)42-30(47)27-26-24(35(26,5)6)21-45(27)32(49)29(34(2,3)4)43-33(50)44-36(17-12-9-13-18-36)22-53(51,52)23-14-10-8-11-15-23/h7-8,10-11,14-15,24-27,29H,1,9,12-13,16-22H2,2-6H3,(H,41,48)(H,42,47)(H2,43,44,50)/t24-,25?,26-,27-,29+/m0/s1. The fraction of sp³-hybridized carbons (Fsp3) is 0.649. The number of benzene rings is 1. The molecule has 1 heterocycles. The van der Waals surface area contributed by atoms with Crippen molar-refractivity contribution in [3.8, 4) is 0 Å². The van der Waals surface area contributed by atoms with Gasteiger partial charge in [0.2, 0.25) is 17.6 Å². The third-order valence-electron chi connectivity index (χ3n) is 10.9. The van der Waals surface area contributed by atoms with Gasteiger partial charge < -0.3 is 26.2 Å². The number of amides is 5. The molecule has 3 aliphatic rings. The smallest absolute Gasteiger partial charge is 0.346 e. The number of carbonyl (C=O) groups excluding carboxylic acids is 5. The van der Waals surface area contributed by atoms with Gasteiger partial charge in [-0.25, -0.2) is 13.2 Å². The molecule has 4 N–H and O–H groups in total. The van der Waals surface area contributed by atoms with Gasteiger partial charge in [-0.2, -0.15) is 13.2 Å². The highest BCUT2D eigenvalue weighted by molar-refractivity contribution is 7.91. The zero-order chi connectivity index (χ0) is 39.6. The quantitative estimate of drug-likeness (QED) is 0.164. The van der Waals surface area contributed by atoms with E-state index in [1.165, 1.54) is 23.1 Å². The molecule has 0 bridgehead atoms. The second-order valence-electron chi connectivity index (χ2n) is 16.3. The predicted molar refractivity (Wildman–Crippen MR) is 191 cm³/mol. The van der Waals surface area contributed by atoms with Gasteiger partial charge >= 0.3 is 12.2 Å². The number of Topliss-reactive ketones (excluding diaryl/α,β-unsaturated/α-hetero) is 1. The van der Waals surface area contributed by atoms with E-state index in [2.05, 4.69) is 27.8 Å². The predicted octanol–water partition coefficient (Wildman–Crippen LogP) is 4.06. The molecule has 3 fully saturated rings. The van der Waals surface area contributed by atoms with Crippen LogP contribution in [0.3, 0.4) is 0 Å². The molecule has 1 aromatic carbocycles. The van der Waals surface area contributed by atoms with Crippen LogP contribution in [0, 0.1) is 22.7 Å². The Kier molecular flexibility index (Phi) is 12.5. The normalized spacial score (nSPS) is 23.1. The Hall–Kier alpha value is -3.95. The van der Waals surface area contributed by atoms with Gasteiger partial charge in [-0.05, 0) is 54.1 Å².